The Morgan fingerprint density at radius 3 is 2.68 bits per heavy atom. The average molecular weight is 357 g/mol. The Hall–Kier alpha value is -2.54. The van der Waals surface area contributed by atoms with E-state index in [1.807, 2.05) is 54.9 Å². The number of furan rings is 1. The number of nitrogens with zero attached hydrogens (tertiary/aromatic N) is 3. The number of benzene rings is 1. The standard InChI is InChI=1S/C18H19N3O3S/c1-4-23-17(22)15(13-8-6-5-7-9-13)25-18-20-19-16(21(18)3)14-10-11-24-12(14)2/h5-11,15H,4H2,1-3H3/t15-/m0/s1. The Kier molecular flexibility index (Phi) is 5.23. The van der Waals surface area contributed by atoms with Crippen molar-refractivity contribution in [2.75, 3.05) is 6.61 Å². The second kappa shape index (κ2) is 7.57. The van der Waals surface area contributed by atoms with E-state index in [-0.39, 0.29) is 5.97 Å². The summed E-state index contributed by atoms with van der Waals surface area (Å²) >= 11 is 1.32. The molecule has 0 saturated heterocycles. The third kappa shape index (κ3) is 3.61. The van der Waals surface area contributed by atoms with Crippen LogP contribution in [0.25, 0.3) is 11.4 Å². The van der Waals surface area contributed by atoms with Crippen LogP contribution in [-0.4, -0.2) is 27.3 Å². The quantitative estimate of drug-likeness (QED) is 0.494. The fourth-order valence-electron chi connectivity index (χ4n) is 2.47. The number of aryl methyl sites for hydroxylation is 1. The lowest BCUT2D eigenvalue weighted by molar-refractivity contribution is -0.142. The van der Waals surface area contributed by atoms with Crippen molar-refractivity contribution in [1.29, 1.82) is 0 Å². The molecule has 2 aromatic heterocycles. The molecule has 1 atom stereocenters. The largest absolute Gasteiger partial charge is 0.469 e. The van der Waals surface area contributed by atoms with Gasteiger partial charge in [0.15, 0.2) is 11.0 Å². The van der Waals surface area contributed by atoms with E-state index >= 15 is 0 Å². The van der Waals surface area contributed by atoms with Crippen molar-refractivity contribution in [3.63, 3.8) is 0 Å². The van der Waals surface area contributed by atoms with Gasteiger partial charge in [-0.2, -0.15) is 0 Å². The van der Waals surface area contributed by atoms with Crippen LogP contribution in [0.1, 0.15) is 23.5 Å². The van der Waals surface area contributed by atoms with Gasteiger partial charge >= 0.3 is 5.97 Å². The van der Waals surface area contributed by atoms with Crippen LogP contribution in [0.4, 0.5) is 0 Å². The minimum atomic E-state index is -0.498. The summed E-state index contributed by atoms with van der Waals surface area (Å²) in [6, 6.07) is 11.4. The topological polar surface area (TPSA) is 70.2 Å². The molecule has 0 N–H and O–H groups in total. The van der Waals surface area contributed by atoms with E-state index in [0.717, 1.165) is 16.9 Å². The number of carbonyl (C=O) groups excluding carboxylic acids is 1. The molecule has 0 aliphatic carbocycles. The van der Waals surface area contributed by atoms with E-state index in [0.29, 0.717) is 17.6 Å². The van der Waals surface area contributed by atoms with Crippen molar-refractivity contribution in [3.8, 4) is 11.4 Å². The minimum absolute atomic E-state index is 0.289. The second-order valence-corrected chi connectivity index (χ2v) is 6.49. The molecule has 6 nitrogen and oxygen atoms in total. The van der Waals surface area contributed by atoms with Crippen LogP contribution in [-0.2, 0) is 16.6 Å². The van der Waals surface area contributed by atoms with Gasteiger partial charge in [0, 0.05) is 7.05 Å². The first-order chi connectivity index (χ1) is 12.1. The molecule has 3 rings (SSSR count). The van der Waals surface area contributed by atoms with E-state index in [4.69, 9.17) is 9.15 Å². The van der Waals surface area contributed by atoms with Gasteiger partial charge in [-0.1, -0.05) is 42.1 Å². The first-order valence-electron chi connectivity index (χ1n) is 7.94. The van der Waals surface area contributed by atoms with Crippen LogP contribution in [0, 0.1) is 6.92 Å². The fourth-order valence-corrected chi connectivity index (χ4v) is 3.47. The lowest BCUT2D eigenvalue weighted by Crippen LogP contribution is -2.14. The number of esters is 1. The minimum Gasteiger partial charge on any atom is -0.469 e. The molecule has 0 radical (unpaired) electrons. The predicted octanol–water partition coefficient (Wildman–Crippen LogP) is 3.78. The summed E-state index contributed by atoms with van der Waals surface area (Å²) in [5, 5.41) is 8.64. The van der Waals surface area contributed by atoms with Crippen molar-refractivity contribution < 1.29 is 13.9 Å². The Labute approximate surface area is 150 Å². The molecule has 0 aliphatic heterocycles. The lowest BCUT2D eigenvalue weighted by Gasteiger charge is -2.15. The molecule has 0 aliphatic rings. The van der Waals surface area contributed by atoms with Gasteiger partial charge in [-0.15, -0.1) is 10.2 Å². The van der Waals surface area contributed by atoms with Gasteiger partial charge in [0.2, 0.25) is 0 Å². The summed E-state index contributed by atoms with van der Waals surface area (Å²) in [7, 11) is 1.87. The van der Waals surface area contributed by atoms with Crippen LogP contribution in [0.5, 0.6) is 0 Å². The van der Waals surface area contributed by atoms with Crippen LogP contribution < -0.4 is 0 Å². The van der Waals surface area contributed by atoms with Gasteiger partial charge in [-0.05, 0) is 25.5 Å². The Balaban J connectivity index is 1.91. The summed E-state index contributed by atoms with van der Waals surface area (Å²) in [5.74, 6) is 1.18. The fraction of sp³-hybridized carbons (Fsp3) is 0.278. The van der Waals surface area contributed by atoms with E-state index < -0.39 is 5.25 Å². The second-order valence-electron chi connectivity index (χ2n) is 5.42. The highest BCUT2D eigenvalue weighted by Crippen LogP contribution is 2.36. The molecule has 0 unspecified atom stereocenters. The molecule has 3 aromatic rings. The Morgan fingerprint density at radius 2 is 2.04 bits per heavy atom. The summed E-state index contributed by atoms with van der Waals surface area (Å²) in [4.78, 5) is 12.4. The molecule has 7 heteroatoms. The number of ether oxygens (including phenoxy) is 1. The van der Waals surface area contributed by atoms with E-state index in [1.165, 1.54) is 11.8 Å². The molecule has 25 heavy (non-hydrogen) atoms. The smallest absolute Gasteiger partial charge is 0.324 e. The van der Waals surface area contributed by atoms with Gasteiger partial charge in [0.05, 0.1) is 18.4 Å². The number of hydrogen-bond donors (Lipinski definition) is 0. The summed E-state index contributed by atoms with van der Waals surface area (Å²) in [6.45, 7) is 4.01. The molecule has 0 bridgehead atoms. The zero-order valence-electron chi connectivity index (χ0n) is 14.3. The van der Waals surface area contributed by atoms with Gasteiger partial charge in [0.1, 0.15) is 11.0 Å². The molecule has 0 spiro atoms. The zero-order chi connectivity index (χ0) is 17.8. The van der Waals surface area contributed by atoms with Gasteiger partial charge in [-0.3, -0.25) is 4.79 Å². The van der Waals surface area contributed by atoms with Crippen LogP contribution in [0.2, 0.25) is 0 Å². The third-order valence-corrected chi connectivity index (χ3v) is 5.03. The van der Waals surface area contributed by atoms with E-state index in [9.17, 15) is 4.79 Å². The van der Waals surface area contributed by atoms with Gasteiger partial charge in [-0.25, -0.2) is 0 Å². The Bertz CT molecular complexity index is 858. The number of thioether (sulfide) groups is 1. The predicted molar refractivity (Wildman–Crippen MR) is 95.1 cm³/mol. The molecule has 0 amide bonds. The van der Waals surface area contributed by atoms with Crippen molar-refractivity contribution in [3.05, 3.63) is 54.0 Å². The lowest BCUT2D eigenvalue weighted by atomic mass is 10.1. The summed E-state index contributed by atoms with van der Waals surface area (Å²) < 4.78 is 12.4. The van der Waals surface area contributed by atoms with Gasteiger partial charge < -0.3 is 13.7 Å². The summed E-state index contributed by atoms with van der Waals surface area (Å²) in [6.07, 6.45) is 1.62. The van der Waals surface area contributed by atoms with Gasteiger partial charge in [0.25, 0.3) is 0 Å². The van der Waals surface area contributed by atoms with Crippen LogP contribution in [0.15, 0.2) is 52.2 Å². The highest BCUT2D eigenvalue weighted by molar-refractivity contribution is 8.00. The maximum atomic E-state index is 12.4. The molecular weight excluding hydrogens is 338 g/mol. The highest BCUT2D eigenvalue weighted by Gasteiger charge is 2.26. The third-order valence-electron chi connectivity index (χ3n) is 3.76. The van der Waals surface area contributed by atoms with E-state index in [2.05, 4.69) is 10.2 Å². The number of rotatable bonds is 6. The monoisotopic (exact) mass is 357 g/mol. The Morgan fingerprint density at radius 1 is 1.28 bits per heavy atom. The van der Waals surface area contributed by atoms with Crippen LogP contribution in [0.3, 0.4) is 0 Å². The molecule has 1 aromatic carbocycles. The maximum absolute atomic E-state index is 12.4. The van der Waals surface area contributed by atoms with Crippen molar-refractivity contribution in [2.45, 2.75) is 24.3 Å². The van der Waals surface area contributed by atoms with Crippen molar-refractivity contribution in [2.24, 2.45) is 7.05 Å². The van der Waals surface area contributed by atoms with Crippen LogP contribution >= 0.6 is 11.8 Å². The molecule has 0 saturated carbocycles. The molecular formula is C18H19N3O3S. The average Bonchev–Trinajstić information content (AvgIpc) is 3.19. The maximum Gasteiger partial charge on any atom is 0.324 e. The normalized spacial score (nSPS) is 12.1. The van der Waals surface area contributed by atoms with E-state index in [1.54, 1.807) is 13.2 Å². The zero-order valence-corrected chi connectivity index (χ0v) is 15.1. The number of carbonyl (C=O) groups is 1. The SMILES string of the molecule is CCOC(=O)[C@@H](Sc1nnc(-c2ccoc2C)n1C)c1ccccc1. The highest BCUT2D eigenvalue weighted by atomic mass is 32.2. The van der Waals surface area contributed by atoms with Crippen molar-refractivity contribution in [1.82, 2.24) is 14.8 Å². The molecule has 2 heterocycles. The molecule has 0 fully saturated rings. The first-order valence-corrected chi connectivity index (χ1v) is 8.82. The summed E-state index contributed by atoms with van der Waals surface area (Å²) in [5.41, 5.74) is 1.75. The molecule has 130 valence electrons. The number of aromatic nitrogens is 3. The first kappa shape index (κ1) is 17.3. The number of hydrogen-bond acceptors (Lipinski definition) is 6. The van der Waals surface area contributed by atoms with Crippen molar-refractivity contribution >= 4 is 17.7 Å².